The Morgan fingerprint density at radius 2 is 2.29 bits per heavy atom. The predicted octanol–water partition coefficient (Wildman–Crippen LogP) is 1.52. The monoisotopic (exact) mass is 292 g/mol. The Labute approximate surface area is 123 Å². The first kappa shape index (κ1) is 15.2. The number of carbonyl (C=O) groups is 1. The van der Waals surface area contributed by atoms with Crippen LogP contribution in [0.15, 0.2) is 10.6 Å². The van der Waals surface area contributed by atoms with Crippen LogP contribution >= 0.6 is 0 Å². The first-order chi connectivity index (χ1) is 10.0. The first-order valence-corrected chi connectivity index (χ1v) is 6.77. The lowest BCUT2D eigenvalue weighted by Crippen LogP contribution is -2.35. The molecule has 2 N–H and O–H groups in total. The fourth-order valence-corrected chi connectivity index (χ4v) is 2.12. The molecule has 1 amide bonds. The average Bonchev–Trinajstić information content (AvgIpc) is 2.97. The fraction of sp³-hybridized carbons (Fsp3) is 0.500. The SMILES string of the molecule is COCc1c(C(=O)NC(C)Cc2cc(C)[nH]n2)noc1C. The third-order valence-electron chi connectivity index (χ3n) is 3.14. The van der Waals surface area contributed by atoms with Gasteiger partial charge in [0.05, 0.1) is 17.9 Å². The summed E-state index contributed by atoms with van der Waals surface area (Å²) in [6.07, 6.45) is 0.645. The molecule has 1 atom stereocenters. The van der Waals surface area contributed by atoms with Gasteiger partial charge in [0.2, 0.25) is 0 Å². The van der Waals surface area contributed by atoms with Gasteiger partial charge in [-0.25, -0.2) is 0 Å². The zero-order valence-electron chi connectivity index (χ0n) is 12.7. The maximum absolute atomic E-state index is 12.2. The van der Waals surface area contributed by atoms with Crippen LogP contribution in [0.3, 0.4) is 0 Å². The largest absolute Gasteiger partial charge is 0.380 e. The number of aromatic nitrogens is 3. The van der Waals surface area contributed by atoms with Crippen molar-refractivity contribution in [1.29, 1.82) is 0 Å². The molecule has 0 radical (unpaired) electrons. The van der Waals surface area contributed by atoms with E-state index in [1.807, 2.05) is 19.9 Å². The molecule has 0 bridgehead atoms. The van der Waals surface area contributed by atoms with E-state index >= 15 is 0 Å². The van der Waals surface area contributed by atoms with Crippen molar-refractivity contribution in [3.05, 3.63) is 34.5 Å². The van der Waals surface area contributed by atoms with Crippen LogP contribution < -0.4 is 5.32 Å². The highest BCUT2D eigenvalue weighted by Crippen LogP contribution is 2.14. The molecule has 7 nitrogen and oxygen atoms in total. The smallest absolute Gasteiger partial charge is 0.274 e. The number of H-pyrrole nitrogens is 1. The summed E-state index contributed by atoms with van der Waals surface area (Å²) in [5.41, 5.74) is 2.86. The topological polar surface area (TPSA) is 93.0 Å². The molecule has 0 fully saturated rings. The molecule has 0 spiro atoms. The number of methoxy groups -OCH3 is 1. The van der Waals surface area contributed by atoms with Gasteiger partial charge in [0.15, 0.2) is 5.69 Å². The molecular formula is C14H20N4O3. The van der Waals surface area contributed by atoms with E-state index in [1.165, 1.54) is 0 Å². The first-order valence-electron chi connectivity index (χ1n) is 6.77. The van der Waals surface area contributed by atoms with Gasteiger partial charge < -0.3 is 14.6 Å². The van der Waals surface area contributed by atoms with Gasteiger partial charge in [-0.3, -0.25) is 9.89 Å². The zero-order chi connectivity index (χ0) is 15.4. The van der Waals surface area contributed by atoms with Crippen LogP contribution in [0.1, 0.15) is 40.1 Å². The second-order valence-corrected chi connectivity index (χ2v) is 5.12. The standard InChI is InChI=1S/C14H20N4O3/c1-8(5-11-6-9(2)16-17-11)15-14(19)13-12(7-20-4)10(3)21-18-13/h6,8H,5,7H2,1-4H3,(H,15,19)(H,16,17). The van der Waals surface area contributed by atoms with E-state index in [2.05, 4.69) is 20.7 Å². The summed E-state index contributed by atoms with van der Waals surface area (Å²) in [7, 11) is 1.57. The van der Waals surface area contributed by atoms with Gasteiger partial charge in [-0.05, 0) is 26.8 Å². The Balaban J connectivity index is 2.00. The highest BCUT2D eigenvalue weighted by atomic mass is 16.5. The molecule has 2 aromatic rings. The molecule has 0 saturated heterocycles. The molecule has 0 aliphatic heterocycles. The van der Waals surface area contributed by atoms with Crippen LogP contribution in [0.4, 0.5) is 0 Å². The summed E-state index contributed by atoms with van der Waals surface area (Å²) in [6, 6.07) is 1.90. The maximum Gasteiger partial charge on any atom is 0.274 e. The third kappa shape index (κ3) is 3.69. The number of nitrogens with zero attached hydrogens (tertiary/aromatic N) is 2. The van der Waals surface area contributed by atoms with Crippen molar-refractivity contribution >= 4 is 5.91 Å². The number of hydrogen-bond acceptors (Lipinski definition) is 5. The van der Waals surface area contributed by atoms with Gasteiger partial charge >= 0.3 is 0 Å². The molecule has 2 aromatic heterocycles. The molecule has 0 aliphatic rings. The molecule has 1 unspecified atom stereocenters. The van der Waals surface area contributed by atoms with E-state index in [0.717, 1.165) is 11.4 Å². The Kier molecular flexibility index (Phi) is 4.74. The van der Waals surface area contributed by atoms with Crippen molar-refractivity contribution in [2.75, 3.05) is 7.11 Å². The van der Waals surface area contributed by atoms with E-state index in [1.54, 1.807) is 14.0 Å². The third-order valence-corrected chi connectivity index (χ3v) is 3.14. The van der Waals surface area contributed by atoms with E-state index in [0.29, 0.717) is 24.4 Å². The quantitative estimate of drug-likeness (QED) is 0.842. The molecular weight excluding hydrogens is 272 g/mol. The summed E-state index contributed by atoms with van der Waals surface area (Å²) in [5.74, 6) is 0.330. The lowest BCUT2D eigenvalue weighted by atomic mass is 10.1. The minimum absolute atomic E-state index is 0.0624. The molecule has 21 heavy (non-hydrogen) atoms. The number of hydrogen-bond donors (Lipinski definition) is 2. The summed E-state index contributed by atoms with van der Waals surface area (Å²) in [4.78, 5) is 12.2. The molecule has 114 valence electrons. The van der Waals surface area contributed by atoms with E-state index in [9.17, 15) is 4.79 Å². The van der Waals surface area contributed by atoms with Crippen LogP contribution in [-0.2, 0) is 17.8 Å². The molecule has 0 saturated carbocycles. The normalized spacial score (nSPS) is 12.4. The zero-order valence-corrected chi connectivity index (χ0v) is 12.7. The fourth-order valence-electron chi connectivity index (χ4n) is 2.12. The lowest BCUT2D eigenvalue weighted by Gasteiger charge is -2.11. The number of carbonyl (C=O) groups excluding carboxylic acids is 1. The minimum Gasteiger partial charge on any atom is -0.380 e. The number of amides is 1. The Morgan fingerprint density at radius 1 is 1.52 bits per heavy atom. The van der Waals surface area contributed by atoms with Gasteiger partial charge in [-0.15, -0.1) is 0 Å². The Bertz CT molecular complexity index is 618. The minimum atomic E-state index is -0.265. The molecule has 0 aliphatic carbocycles. The van der Waals surface area contributed by atoms with Crippen molar-refractivity contribution < 1.29 is 14.1 Å². The number of nitrogens with one attached hydrogen (secondary N) is 2. The van der Waals surface area contributed by atoms with Gasteiger partial charge in [0, 0.05) is 25.3 Å². The number of aryl methyl sites for hydroxylation is 2. The van der Waals surface area contributed by atoms with Gasteiger partial charge in [0.25, 0.3) is 5.91 Å². The van der Waals surface area contributed by atoms with E-state index in [4.69, 9.17) is 9.26 Å². The van der Waals surface area contributed by atoms with Crippen molar-refractivity contribution in [1.82, 2.24) is 20.7 Å². The van der Waals surface area contributed by atoms with Crippen molar-refractivity contribution in [2.45, 2.75) is 39.8 Å². The van der Waals surface area contributed by atoms with Crippen molar-refractivity contribution in [3.8, 4) is 0 Å². The van der Waals surface area contributed by atoms with Gasteiger partial charge in [-0.2, -0.15) is 5.10 Å². The predicted molar refractivity (Wildman–Crippen MR) is 75.9 cm³/mol. The second kappa shape index (κ2) is 6.53. The van der Waals surface area contributed by atoms with Crippen LogP contribution in [-0.4, -0.2) is 34.4 Å². The highest BCUT2D eigenvalue weighted by Gasteiger charge is 2.21. The summed E-state index contributed by atoms with van der Waals surface area (Å²) in [5, 5.41) is 13.7. The average molecular weight is 292 g/mol. The number of ether oxygens (including phenoxy) is 1. The molecule has 2 rings (SSSR count). The number of aromatic amines is 1. The summed E-state index contributed by atoms with van der Waals surface area (Å²) < 4.78 is 10.1. The second-order valence-electron chi connectivity index (χ2n) is 5.12. The maximum atomic E-state index is 12.2. The van der Waals surface area contributed by atoms with Gasteiger partial charge in [0.1, 0.15) is 5.76 Å². The molecule has 0 aromatic carbocycles. The van der Waals surface area contributed by atoms with Gasteiger partial charge in [-0.1, -0.05) is 5.16 Å². The lowest BCUT2D eigenvalue weighted by molar-refractivity contribution is 0.0926. The summed E-state index contributed by atoms with van der Waals surface area (Å²) in [6.45, 7) is 5.92. The Hall–Kier alpha value is -2.15. The number of rotatable bonds is 6. The van der Waals surface area contributed by atoms with Crippen LogP contribution in [0.5, 0.6) is 0 Å². The molecule has 2 heterocycles. The van der Waals surface area contributed by atoms with E-state index in [-0.39, 0.29) is 17.6 Å². The Morgan fingerprint density at radius 3 is 2.90 bits per heavy atom. The van der Waals surface area contributed by atoms with Crippen molar-refractivity contribution in [3.63, 3.8) is 0 Å². The van der Waals surface area contributed by atoms with Crippen LogP contribution in [0, 0.1) is 13.8 Å². The van der Waals surface area contributed by atoms with Crippen LogP contribution in [0.25, 0.3) is 0 Å². The summed E-state index contributed by atoms with van der Waals surface area (Å²) >= 11 is 0. The molecule has 7 heteroatoms. The highest BCUT2D eigenvalue weighted by molar-refractivity contribution is 5.93. The van der Waals surface area contributed by atoms with Crippen LogP contribution in [0.2, 0.25) is 0 Å². The van der Waals surface area contributed by atoms with E-state index < -0.39 is 0 Å². The van der Waals surface area contributed by atoms with Crippen molar-refractivity contribution in [2.24, 2.45) is 0 Å².